The van der Waals surface area contributed by atoms with Gasteiger partial charge in [0.1, 0.15) is 0 Å². The molecule has 0 aromatic rings. The number of hydroxylamine groups is 2. The average Bonchev–Trinajstić information content (AvgIpc) is 3.05. The Kier molecular flexibility index (Phi) is 6.69. The second kappa shape index (κ2) is 8.75. The second-order valence-corrected chi connectivity index (χ2v) is 6.28. The SMILES string of the molecule is O=C(CCCC(CCCl)CN1C(=O)C=CC1=O)ON1C(=O)CCC1=O. The van der Waals surface area contributed by atoms with Crippen molar-refractivity contribution in [2.75, 3.05) is 12.4 Å². The Balaban J connectivity index is 1.76. The molecule has 1 unspecified atom stereocenters. The maximum atomic E-state index is 11.8. The van der Waals surface area contributed by atoms with E-state index in [0.717, 1.165) is 4.90 Å². The lowest BCUT2D eigenvalue weighted by Gasteiger charge is -2.22. The molecule has 2 aliphatic heterocycles. The molecule has 0 spiro atoms. The Hall–Kier alpha value is -2.22. The summed E-state index contributed by atoms with van der Waals surface area (Å²) in [5.41, 5.74) is 0. The largest absolute Gasteiger partial charge is 0.333 e. The summed E-state index contributed by atoms with van der Waals surface area (Å²) in [6, 6.07) is 0. The van der Waals surface area contributed by atoms with Gasteiger partial charge < -0.3 is 4.84 Å². The van der Waals surface area contributed by atoms with Crippen molar-refractivity contribution < 1.29 is 28.8 Å². The first-order valence-electron chi connectivity index (χ1n) is 8.08. The van der Waals surface area contributed by atoms with Crippen LogP contribution in [0.3, 0.4) is 0 Å². The van der Waals surface area contributed by atoms with Crippen LogP contribution in [-0.4, -0.2) is 52.0 Å². The van der Waals surface area contributed by atoms with Crippen LogP contribution in [0.5, 0.6) is 0 Å². The van der Waals surface area contributed by atoms with Gasteiger partial charge >= 0.3 is 5.97 Å². The summed E-state index contributed by atoms with van der Waals surface area (Å²) >= 11 is 5.76. The van der Waals surface area contributed by atoms with E-state index in [-0.39, 0.29) is 43.5 Å². The van der Waals surface area contributed by atoms with Crippen LogP contribution in [0.25, 0.3) is 0 Å². The predicted octanol–water partition coefficient (Wildman–Crippen LogP) is 0.934. The van der Waals surface area contributed by atoms with Crippen LogP contribution in [0.15, 0.2) is 12.2 Å². The van der Waals surface area contributed by atoms with E-state index in [4.69, 9.17) is 16.4 Å². The maximum Gasteiger partial charge on any atom is 0.333 e. The standard InChI is InChI=1S/C16H19ClN2O6/c17-9-8-11(10-18-12(20)4-5-13(18)21)2-1-3-16(24)25-19-14(22)6-7-15(19)23/h4-5,11H,1-3,6-10H2. The Morgan fingerprint density at radius 2 is 1.68 bits per heavy atom. The Morgan fingerprint density at radius 3 is 2.24 bits per heavy atom. The molecule has 8 nitrogen and oxygen atoms in total. The molecule has 0 aromatic heterocycles. The van der Waals surface area contributed by atoms with Gasteiger partial charge in [-0.3, -0.25) is 24.1 Å². The molecule has 2 aliphatic rings. The first-order valence-corrected chi connectivity index (χ1v) is 8.62. The van der Waals surface area contributed by atoms with Gasteiger partial charge in [0, 0.05) is 43.8 Å². The zero-order valence-electron chi connectivity index (χ0n) is 13.6. The molecule has 0 N–H and O–H groups in total. The quantitative estimate of drug-likeness (QED) is 0.442. The normalized spacial score (nSPS) is 18.4. The van der Waals surface area contributed by atoms with Crippen molar-refractivity contribution in [3.63, 3.8) is 0 Å². The summed E-state index contributed by atoms with van der Waals surface area (Å²) in [6.07, 6.45) is 4.16. The number of halogens is 1. The van der Waals surface area contributed by atoms with Crippen LogP contribution in [0.1, 0.15) is 38.5 Å². The van der Waals surface area contributed by atoms with Gasteiger partial charge in [-0.1, -0.05) is 0 Å². The lowest BCUT2D eigenvalue weighted by atomic mass is 9.98. The van der Waals surface area contributed by atoms with E-state index in [1.165, 1.54) is 12.2 Å². The summed E-state index contributed by atoms with van der Waals surface area (Å²) < 4.78 is 0. The van der Waals surface area contributed by atoms with Crippen molar-refractivity contribution in [1.82, 2.24) is 9.96 Å². The van der Waals surface area contributed by atoms with Gasteiger partial charge in [-0.2, -0.15) is 0 Å². The number of nitrogens with zero attached hydrogens (tertiary/aromatic N) is 2. The molecule has 4 amide bonds. The van der Waals surface area contributed by atoms with E-state index >= 15 is 0 Å². The highest BCUT2D eigenvalue weighted by molar-refractivity contribution is 6.17. The Morgan fingerprint density at radius 1 is 1.08 bits per heavy atom. The van der Waals surface area contributed by atoms with Gasteiger partial charge in [-0.15, -0.1) is 16.7 Å². The van der Waals surface area contributed by atoms with Gasteiger partial charge in [0.2, 0.25) is 0 Å². The van der Waals surface area contributed by atoms with Crippen LogP contribution in [-0.2, 0) is 28.8 Å². The summed E-state index contributed by atoms with van der Waals surface area (Å²) in [5.74, 6) is -2.06. The highest BCUT2D eigenvalue weighted by atomic mass is 35.5. The first-order chi connectivity index (χ1) is 11.9. The number of hydrogen-bond acceptors (Lipinski definition) is 6. The van der Waals surface area contributed by atoms with Gasteiger partial charge in [0.05, 0.1) is 0 Å². The van der Waals surface area contributed by atoms with E-state index in [0.29, 0.717) is 30.2 Å². The molecule has 0 bridgehead atoms. The summed E-state index contributed by atoms with van der Waals surface area (Å²) in [6.45, 7) is 0.246. The van der Waals surface area contributed by atoms with Gasteiger partial charge in [0.15, 0.2) is 0 Å². The van der Waals surface area contributed by atoms with Crippen molar-refractivity contribution in [3.05, 3.63) is 12.2 Å². The molecule has 0 aliphatic carbocycles. The second-order valence-electron chi connectivity index (χ2n) is 5.90. The number of carbonyl (C=O) groups excluding carboxylic acids is 5. The average molecular weight is 371 g/mol. The molecule has 2 rings (SSSR count). The van der Waals surface area contributed by atoms with E-state index in [1.807, 2.05) is 0 Å². The van der Waals surface area contributed by atoms with Crippen molar-refractivity contribution in [2.24, 2.45) is 5.92 Å². The molecule has 1 atom stereocenters. The third kappa shape index (κ3) is 5.12. The highest BCUT2D eigenvalue weighted by Gasteiger charge is 2.32. The minimum Gasteiger partial charge on any atom is -0.330 e. The molecule has 0 saturated carbocycles. The van der Waals surface area contributed by atoms with Crippen LogP contribution < -0.4 is 0 Å². The lowest BCUT2D eigenvalue weighted by Crippen LogP contribution is -2.35. The molecule has 2 heterocycles. The van der Waals surface area contributed by atoms with Crippen molar-refractivity contribution in [3.8, 4) is 0 Å². The minimum absolute atomic E-state index is 0.0238. The molecule has 0 radical (unpaired) electrons. The van der Waals surface area contributed by atoms with Crippen molar-refractivity contribution >= 4 is 41.2 Å². The first kappa shape index (κ1) is 19.1. The molecule has 1 saturated heterocycles. The predicted molar refractivity (Wildman–Crippen MR) is 85.7 cm³/mol. The number of hydrogen-bond donors (Lipinski definition) is 0. The van der Waals surface area contributed by atoms with E-state index in [2.05, 4.69) is 0 Å². The van der Waals surface area contributed by atoms with Gasteiger partial charge in [-0.05, 0) is 25.2 Å². The monoisotopic (exact) mass is 370 g/mol. The maximum absolute atomic E-state index is 11.8. The number of alkyl halides is 1. The molecule has 1 fully saturated rings. The Labute approximate surface area is 149 Å². The highest BCUT2D eigenvalue weighted by Crippen LogP contribution is 2.19. The fourth-order valence-electron chi connectivity index (χ4n) is 2.69. The summed E-state index contributed by atoms with van der Waals surface area (Å²) in [5, 5.41) is 0.520. The van der Waals surface area contributed by atoms with E-state index in [9.17, 15) is 24.0 Å². The van der Waals surface area contributed by atoms with Crippen molar-refractivity contribution in [1.29, 1.82) is 0 Å². The molecule has 25 heavy (non-hydrogen) atoms. The van der Waals surface area contributed by atoms with E-state index < -0.39 is 17.8 Å². The Bertz CT molecular complexity index is 584. The molecule has 136 valence electrons. The fraction of sp³-hybridized carbons (Fsp3) is 0.562. The molecule has 0 aromatic carbocycles. The fourth-order valence-corrected chi connectivity index (χ4v) is 3.00. The number of carbonyl (C=O) groups is 5. The minimum atomic E-state index is -0.664. The number of amides is 4. The van der Waals surface area contributed by atoms with Crippen molar-refractivity contribution in [2.45, 2.75) is 38.5 Å². The van der Waals surface area contributed by atoms with Crippen LogP contribution >= 0.6 is 11.6 Å². The summed E-state index contributed by atoms with van der Waals surface area (Å²) in [4.78, 5) is 63.7. The third-order valence-corrected chi connectivity index (χ3v) is 4.27. The summed E-state index contributed by atoms with van der Waals surface area (Å²) in [7, 11) is 0. The lowest BCUT2D eigenvalue weighted by molar-refractivity contribution is -0.197. The zero-order chi connectivity index (χ0) is 18.4. The zero-order valence-corrected chi connectivity index (χ0v) is 14.4. The molecule has 9 heteroatoms. The van der Waals surface area contributed by atoms with Gasteiger partial charge in [-0.25, -0.2) is 4.79 Å². The smallest absolute Gasteiger partial charge is 0.330 e. The van der Waals surface area contributed by atoms with Crippen LogP contribution in [0, 0.1) is 5.92 Å². The van der Waals surface area contributed by atoms with E-state index in [1.54, 1.807) is 0 Å². The van der Waals surface area contributed by atoms with Crippen LogP contribution in [0.2, 0.25) is 0 Å². The topological polar surface area (TPSA) is 101 Å². The number of rotatable bonds is 9. The molecular weight excluding hydrogens is 352 g/mol. The number of imide groups is 2. The third-order valence-electron chi connectivity index (χ3n) is 4.05. The molecular formula is C16H19ClN2O6. The van der Waals surface area contributed by atoms with Gasteiger partial charge in [0.25, 0.3) is 23.6 Å². The van der Waals surface area contributed by atoms with Crippen LogP contribution in [0.4, 0.5) is 0 Å².